The minimum absolute atomic E-state index is 0.0659. The number of rotatable bonds is 5. The Labute approximate surface area is 89.7 Å². The maximum absolute atomic E-state index is 11.0. The zero-order valence-corrected chi connectivity index (χ0v) is 9.12. The molecule has 1 aromatic rings. The summed E-state index contributed by atoms with van der Waals surface area (Å²) in [6, 6.07) is 5.43. The summed E-state index contributed by atoms with van der Waals surface area (Å²) in [5, 5.41) is 9.16. The van der Waals surface area contributed by atoms with E-state index in [1.807, 2.05) is 19.1 Å². The Hall–Kier alpha value is -1.35. The van der Waals surface area contributed by atoms with Gasteiger partial charge >= 0.3 is 0 Å². The van der Waals surface area contributed by atoms with Crippen LogP contribution in [0.1, 0.15) is 25.0 Å². The first-order valence-corrected chi connectivity index (χ1v) is 5.02. The number of benzene rings is 1. The van der Waals surface area contributed by atoms with Crippen molar-refractivity contribution in [2.45, 2.75) is 26.9 Å². The molecule has 0 amide bonds. The van der Waals surface area contributed by atoms with Gasteiger partial charge < -0.3 is 9.84 Å². The average molecular weight is 208 g/mol. The van der Waals surface area contributed by atoms with Crippen molar-refractivity contribution in [1.82, 2.24) is 0 Å². The first kappa shape index (κ1) is 11.7. The van der Waals surface area contributed by atoms with Crippen molar-refractivity contribution >= 4 is 5.78 Å². The smallest absolute Gasteiger partial charge is 0.134 e. The van der Waals surface area contributed by atoms with Gasteiger partial charge in [0, 0.05) is 6.42 Å². The summed E-state index contributed by atoms with van der Waals surface area (Å²) in [5.41, 5.74) is 1.63. The molecule has 0 aromatic heterocycles. The predicted molar refractivity (Wildman–Crippen MR) is 57.9 cm³/mol. The first-order valence-electron chi connectivity index (χ1n) is 5.02. The molecule has 82 valence electrons. The molecule has 0 aliphatic heterocycles. The number of hydrogen-bond acceptors (Lipinski definition) is 3. The summed E-state index contributed by atoms with van der Waals surface area (Å²) >= 11 is 0. The Kier molecular flexibility index (Phi) is 4.31. The quantitative estimate of drug-likeness (QED) is 0.801. The molecule has 0 bridgehead atoms. The van der Waals surface area contributed by atoms with Crippen LogP contribution >= 0.6 is 0 Å². The molecular weight excluding hydrogens is 192 g/mol. The van der Waals surface area contributed by atoms with Crippen molar-refractivity contribution < 1.29 is 14.6 Å². The lowest BCUT2D eigenvalue weighted by molar-refractivity contribution is -0.116. The van der Waals surface area contributed by atoms with E-state index >= 15 is 0 Å². The molecule has 0 spiro atoms. The maximum Gasteiger partial charge on any atom is 0.134 e. The van der Waals surface area contributed by atoms with Gasteiger partial charge in [-0.3, -0.25) is 4.79 Å². The van der Waals surface area contributed by atoms with E-state index in [0.29, 0.717) is 13.0 Å². The van der Waals surface area contributed by atoms with E-state index in [1.54, 1.807) is 6.07 Å². The van der Waals surface area contributed by atoms with Crippen LogP contribution in [0.3, 0.4) is 0 Å². The van der Waals surface area contributed by atoms with Crippen molar-refractivity contribution in [3.05, 3.63) is 29.3 Å². The Balaban J connectivity index is 2.92. The number of Topliss-reactive ketones (excluding diaryl/α,β-unsaturated/α-hetero) is 1. The van der Waals surface area contributed by atoms with E-state index in [-0.39, 0.29) is 12.4 Å². The second kappa shape index (κ2) is 5.51. The minimum Gasteiger partial charge on any atom is -0.494 e. The van der Waals surface area contributed by atoms with E-state index in [0.717, 1.165) is 16.9 Å². The third-order valence-corrected chi connectivity index (χ3v) is 2.10. The van der Waals surface area contributed by atoms with Crippen LogP contribution in [0.4, 0.5) is 0 Å². The molecule has 1 N–H and O–H groups in total. The third kappa shape index (κ3) is 3.36. The van der Waals surface area contributed by atoms with E-state index in [9.17, 15) is 4.79 Å². The topological polar surface area (TPSA) is 46.5 Å². The van der Waals surface area contributed by atoms with Gasteiger partial charge in [-0.2, -0.15) is 0 Å². The molecule has 0 fully saturated rings. The van der Waals surface area contributed by atoms with Gasteiger partial charge in [-0.1, -0.05) is 6.07 Å². The SMILES string of the molecule is CCOc1ccc(CC(C)=O)c(CO)c1. The predicted octanol–water partition coefficient (Wildman–Crippen LogP) is 1.71. The summed E-state index contributed by atoms with van der Waals surface area (Å²) in [5.74, 6) is 0.822. The Bertz CT molecular complexity index is 345. The minimum atomic E-state index is -0.0659. The van der Waals surface area contributed by atoms with Crippen LogP contribution in [0, 0.1) is 0 Å². The van der Waals surface area contributed by atoms with Crippen LogP contribution < -0.4 is 4.74 Å². The van der Waals surface area contributed by atoms with E-state index in [1.165, 1.54) is 6.92 Å². The van der Waals surface area contributed by atoms with Gasteiger partial charge in [0.2, 0.25) is 0 Å². The zero-order chi connectivity index (χ0) is 11.3. The van der Waals surface area contributed by atoms with Gasteiger partial charge in [0.05, 0.1) is 13.2 Å². The summed E-state index contributed by atoms with van der Waals surface area (Å²) < 4.78 is 5.31. The number of ketones is 1. The Morgan fingerprint density at radius 1 is 1.40 bits per heavy atom. The van der Waals surface area contributed by atoms with Crippen LogP contribution in [0.15, 0.2) is 18.2 Å². The molecule has 0 radical (unpaired) electrons. The molecule has 15 heavy (non-hydrogen) atoms. The molecule has 1 rings (SSSR count). The largest absolute Gasteiger partial charge is 0.494 e. The highest BCUT2D eigenvalue weighted by Gasteiger charge is 2.05. The lowest BCUT2D eigenvalue weighted by Crippen LogP contribution is -2.02. The molecule has 1 aromatic carbocycles. The molecule has 0 unspecified atom stereocenters. The van der Waals surface area contributed by atoms with Crippen molar-refractivity contribution in [1.29, 1.82) is 0 Å². The monoisotopic (exact) mass is 208 g/mol. The first-order chi connectivity index (χ1) is 7.17. The molecular formula is C12H16O3. The molecule has 0 heterocycles. The second-order valence-corrected chi connectivity index (χ2v) is 3.40. The maximum atomic E-state index is 11.0. The van der Waals surface area contributed by atoms with Crippen LogP contribution in [0.25, 0.3) is 0 Å². The summed E-state index contributed by atoms with van der Waals surface area (Å²) in [6.45, 7) is 3.97. The van der Waals surface area contributed by atoms with Crippen LogP contribution in [-0.4, -0.2) is 17.5 Å². The van der Waals surface area contributed by atoms with Gasteiger partial charge in [0.25, 0.3) is 0 Å². The van der Waals surface area contributed by atoms with Gasteiger partial charge in [0.1, 0.15) is 11.5 Å². The number of carbonyl (C=O) groups excluding carboxylic acids is 1. The molecule has 0 saturated carbocycles. The van der Waals surface area contributed by atoms with Crippen molar-refractivity contribution in [3.63, 3.8) is 0 Å². The normalized spacial score (nSPS) is 10.1. The number of ether oxygens (including phenoxy) is 1. The number of aliphatic hydroxyl groups excluding tert-OH is 1. The van der Waals surface area contributed by atoms with Gasteiger partial charge in [0.15, 0.2) is 0 Å². The van der Waals surface area contributed by atoms with Crippen LogP contribution in [0.5, 0.6) is 5.75 Å². The fourth-order valence-corrected chi connectivity index (χ4v) is 1.45. The second-order valence-electron chi connectivity index (χ2n) is 3.40. The highest BCUT2D eigenvalue weighted by Crippen LogP contribution is 2.18. The van der Waals surface area contributed by atoms with Crippen molar-refractivity contribution in [3.8, 4) is 5.75 Å². The summed E-state index contributed by atoms with van der Waals surface area (Å²) in [4.78, 5) is 11.0. The fraction of sp³-hybridized carbons (Fsp3) is 0.417. The van der Waals surface area contributed by atoms with E-state index < -0.39 is 0 Å². The summed E-state index contributed by atoms with van der Waals surface area (Å²) in [6.07, 6.45) is 0.363. The average Bonchev–Trinajstić information content (AvgIpc) is 2.20. The molecule has 0 atom stereocenters. The Morgan fingerprint density at radius 2 is 2.13 bits per heavy atom. The molecule has 3 heteroatoms. The molecule has 0 saturated heterocycles. The lowest BCUT2D eigenvalue weighted by Gasteiger charge is -2.09. The van der Waals surface area contributed by atoms with Gasteiger partial charge in [-0.25, -0.2) is 0 Å². The molecule has 3 nitrogen and oxygen atoms in total. The van der Waals surface area contributed by atoms with Gasteiger partial charge in [-0.15, -0.1) is 0 Å². The highest BCUT2D eigenvalue weighted by molar-refractivity contribution is 5.78. The van der Waals surface area contributed by atoms with Crippen molar-refractivity contribution in [2.24, 2.45) is 0 Å². The van der Waals surface area contributed by atoms with E-state index in [4.69, 9.17) is 9.84 Å². The Morgan fingerprint density at radius 3 is 2.67 bits per heavy atom. The molecule has 0 aliphatic carbocycles. The number of hydrogen-bond donors (Lipinski definition) is 1. The van der Waals surface area contributed by atoms with Crippen LogP contribution in [-0.2, 0) is 17.8 Å². The van der Waals surface area contributed by atoms with Crippen LogP contribution in [0.2, 0.25) is 0 Å². The standard InChI is InChI=1S/C12H16O3/c1-3-15-12-5-4-10(6-9(2)14)11(7-12)8-13/h4-5,7,13H,3,6,8H2,1-2H3. The lowest BCUT2D eigenvalue weighted by atomic mass is 10.0. The number of aliphatic hydroxyl groups is 1. The third-order valence-electron chi connectivity index (χ3n) is 2.10. The van der Waals surface area contributed by atoms with E-state index in [2.05, 4.69) is 0 Å². The summed E-state index contributed by atoms with van der Waals surface area (Å²) in [7, 11) is 0. The fourth-order valence-electron chi connectivity index (χ4n) is 1.45. The van der Waals surface area contributed by atoms with Gasteiger partial charge in [-0.05, 0) is 37.1 Å². The number of carbonyl (C=O) groups is 1. The van der Waals surface area contributed by atoms with Crippen molar-refractivity contribution in [2.75, 3.05) is 6.61 Å². The molecule has 0 aliphatic rings. The highest BCUT2D eigenvalue weighted by atomic mass is 16.5. The zero-order valence-electron chi connectivity index (χ0n) is 9.12.